The number of hydroxylamine groups is 2. The van der Waals surface area contributed by atoms with Gasteiger partial charge in [0, 0.05) is 6.07 Å². The molecule has 0 aromatic heterocycles. The van der Waals surface area contributed by atoms with E-state index in [1.165, 1.54) is 0 Å². The molecule has 1 unspecified atom stereocenters. The Morgan fingerprint density at radius 1 is 1.65 bits per heavy atom. The van der Waals surface area contributed by atoms with Crippen molar-refractivity contribution in [1.29, 1.82) is 0 Å². The first-order valence-electron chi connectivity index (χ1n) is 5.97. The van der Waals surface area contributed by atoms with Crippen LogP contribution in [0.5, 0.6) is 17.2 Å². The van der Waals surface area contributed by atoms with Crippen LogP contribution in [0.25, 0.3) is 0 Å². The molecule has 0 fully saturated rings. The largest absolute Gasteiger partial charge is 0.627 e. The number of hydrogen-bond acceptors (Lipinski definition) is 6. The van der Waals surface area contributed by atoms with Crippen LogP contribution in [0.4, 0.5) is 4.39 Å². The summed E-state index contributed by atoms with van der Waals surface area (Å²) in [5.74, 6) is -2.29. The molecule has 2 rings (SSSR count). The first-order chi connectivity index (χ1) is 9.45. The maximum Gasteiger partial charge on any atom is 0.563 e. The van der Waals surface area contributed by atoms with Crippen LogP contribution < -0.4 is 19.2 Å². The molecular weight excluding hydrogens is 272 g/mol. The van der Waals surface area contributed by atoms with Crippen molar-refractivity contribution in [3.05, 3.63) is 22.7 Å². The molecule has 0 saturated carbocycles. The molecule has 1 aliphatic heterocycles. The molecule has 0 aliphatic carbocycles. The topological polar surface area (TPSA) is 92.5 Å². The lowest BCUT2D eigenvalue weighted by Crippen LogP contribution is -3.06. The van der Waals surface area contributed by atoms with Gasteiger partial charge in [0.15, 0.2) is 17.1 Å². The molecule has 1 heterocycles. The van der Waals surface area contributed by atoms with E-state index < -0.39 is 29.5 Å². The Morgan fingerprint density at radius 3 is 2.95 bits per heavy atom. The highest BCUT2D eigenvalue weighted by Gasteiger charge is 2.36. The zero-order chi connectivity index (χ0) is 14.9. The summed E-state index contributed by atoms with van der Waals surface area (Å²) >= 11 is 0. The predicted octanol–water partition coefficient (Wildman–Crippen LogP) is -0.832. The number of fused-ring (bicyclic) bond motifs is 1. The zero-order valence-electron chi connectivity index (χ0n) is 10.9. The molecule has 0 radical (unpaired) electrons. The van der Waals surface area contributed by atoms with E-state index >= 15 is 0 Å². The van der Waals surface area contributed by atoms with E-state index in [0.717, 1.165) is 13.1 Å². The molecule has 1 amide bonds. The van der Waals surface area contributed by atoms with Crippen molar-refractivity contribution in [1.82, 2.24) is 0 Å². The van der Waals surface area contributed by atoms with Crippen molar-refractivity contribution in [2.45, 2.75) is 6.92 Å². The number of rotatable bonds is 3. The van der Waals surface area contributed by atoms with Gasteiger partial charge in [-0.1, -0.05) is 0 Å². The number of benzene rings is 1. The fourth-order valence-electron chi connectivity index (χ4n) is 1.81. The van der Waals surface area contributed by atoms with Crippen LogP contribution in [-0.2, 0) is 0 Å². The average molecular weight is 285 g/mol. The fraction of sp³-hybridized carbons (Fsp3) is 0.364. The van der Waals surface area contributed by atoms with Crippen LogP contribution in [0.3, 0.4) is 0 Å². The van der Waals surface area contributed by atoms with E-state index in [4.69, 9.17) is 14.1 Å². The van der Waals surface area contributed by atoms with Gasteiger partial charge in [-0.15, -0.1) is 0 Å². The number of nitrogens with one attached hydrogen (secondary N) is 1. The molecule has 1 atom stereocenters. The Labute approximate surface area is 114 Å². The summed E-state index contributed by atoms with van der Waals surface area (Å²) in [4.78, 5) is 11.8. The van der Waals surface area contributed by atoms with E-state index in [9.17, 15) is 19.4 Å². The third-order valence-corrected chi connectivity index (χ3v) is 2.62. The van der Waals surface area contributed by atoms with Crippen LogP contribution in [0.1, 0.15) is 17.3 Å². The average Bonchev–Trinajstić information content (AvgIpc) is 2.38. The number of amides is 1. The van der Waals surface area contributed by atoms with Gasteiger partial charge in [-0.05, 0) is 6.92 Å². The van der Waals surface area contributed by atoms with E-state index in [1.54, 1.807) is 6.92 Å². The van der Waals surface area contributed by atoms with Gasteiger partial charge in [0.1, 0.15) is 12.3 Å². The number of carbonyl (C=O) groups excluding carboxylic acids is 1. The molecule has 0 bridgehead atoms. The number of hydrogen-bond donors (Lipinski definition) is 2. The molecule has 1 aromatic carbocycles. The summed E-state index contributed by atoms with van der Waals surface area (Å²) in [6.07, 6.45) is 0. The highest BCUT2D eigenvalue weighted by molar-refractivity contribution is 6.44. The number of carbonyl (C=O) groups is 1. The Morgan fingerprint density at radius 2 is 2.35 bits per heavy atom. The Kier molecular flexibility index (Phi) is 4.12. The summed E-state index contributed by atoms with van der Waals surface area (Å²) in [5, 5.41) is 19.7. The molecule has 9 heteroatoms. The second-order valence-electron chi connectivity index (χ2n) is 4.09. The first-order valence-corrected chi connectivity index (χ1v) is 5.97. The van der Waals surface area contributed by atoms with Crippen LogP contribution >= 0.6 is 0 Å². The van der Waals surface area contributed by atoms with Crippen molar-refractivity contribution < 1.29 is 33.4 Å². The lowest BCUT2D eigenvalue weighted by Gasteiger charge is -2.25. The van der Waals surface area contributed by atoms with Gasteiger partial charge in [-0.3, -0.25) is 0 Å². The molecule has 0 saturated heterocycles. The minimum absolute atomic E-state index is 0.00292. The SMILES string of the molecule is CCOc1cc(F)c(C(=O)[NH+](C)[O-])c2c1OCB(O)O2. The van der Waals surface area contributed by atoms with E-state index in [2.05, 4.69) is 0 Å². The predicted molar refractivity (Wildman–Crippen MR) is 66.2 cm³/mol. The normalized spacial score (nSPS) is 14.9. The molecule has 2 N–H and O–H groups in total. The molecule has 108 valence electrons. The summed E-state index contributed by atoms with van der Waals surface area (Å²) < 4.78 is 29.5. The van der Waals surface area contributed by atoms with Gasteiger partial charge in [0.25, 0.3) is 0 Å². The van der Waals surface area contributed by atoms with Gasteiger partial charge in [-0.25, -0.2) is 9.18 Å². The van der Waals surface area contributed by atoms with Crippen molar-refractivity contribution in [2.24, 2.45) is 0 Å². The van der Waals surface area contributed by atoms with E-state index in [-0.39, 0.29) is 30.4 Å². The van der Waals surface area contributed by atoms with Gasteiger partial charge < -0.3 is 29.4 Å². The number of halogens is 1. The molecular formula is C11H13BFNO6. The van der Waals surface area contributed by atoms with E-state index in [1.807, 2.05) is 0 Å². The summed E-state index contributed by atoms with van der Waals surface area (Å²) in [6.45, 7) is 1.75. The second kappa shape index (κ2) is 5.65. The maximum atomic E-state index is 14.0. The maximum absolute atomic E-state index is 14.0. The highest BCUT2D eigenvalue weighted by atomic mass is 19.1. The van der Waals surface area contributed by atoms with Crippen molar-refractivity contribution in [3.63, 3.8) is 0 Å². The molecule has 7 nitrogen and oxygen atoms in total. The highest BCUT2D eigenvalue weighted by Crippen LogP contribution is 2.43. The summed E-state index contributed by atoms with van der Waals surface area (Å²) in [6, 6.07) is 0.958. The van der Waals surface area contributed by atoms with Gasteiger partial charge in [0.2, 0.25) is 5.75 Å². The third-order valence-electron chi connectivity index (χ3n) is 2.62. The minimum atomic E-state index is -1.35. The zero-order valence-corrected chi connectivity index (χ0v) is 10.9. The number of quaternary nitrogens is 1. The summed E-state index contributed by atoms with van der Waals surface area (Å²) in [7, 11) is -0.331. The van der Waals surface area contributed by atoms with Crippen molar-refractivity contribution in [2.75, 3.05) is 20.2 Å². The monoisotopic (exact) mass is 285 g/mol. The Balaban J connectivity index is 2.60. The van der Waals surface area contributed by atoms with Crippen LogP contribution in [0, 0.1) is 11.0 Å². The van der Waals surface area contributed by atoms with Crippen molar-refractivity contribution in [3.8, 4) is 17.2 Å². The smallest absolute Gasteiger partial charge is 0.563 e. The lowest BCUT2D eigenvalue weighted by atomic mass is 9.91. The van der Waals surface area contributed by atoms with Gasteiger partial charge in [-0.2, -0.15) is 0 Å². The Hall–Kier alpha value is -1.84. The van der Waals surface area contributed by atoms with Crippen LogP contribution in [0.15, 0.2) is 6.07 Å². The molecule has 0 spiro atoms. The molecule has 1 aliphatic rings. The van der Waals surface area contributed by atoms with Gasteiger partial charge >= 0.3 is 13.0 Å². The lowest BCUT2D eigenvalue weighted by molar-refractivity contribution is -0.732. The summed E-state index contributed by atoms with van der Waals surface area (Å²) in [5.41, 5.74) is -0.560. The van der Waals surface area contributed by atoms with Crippen molar-refractivity contribution >= 4 is 13.0 Å². The number of ether oxygens (including phenoxy) is 2. The quantitative estimate of drug-likeness (QED) is 0.556. The Bertz CT molecular complexity index is 538. The first kappa shape index (κ1) is 14.6. The second-order valence-corrected chi connectivity index (χ2v) is 4.09. The third kappa shape index (κ3) is 2.55. The molecule has 20 heavy (non-hydrogen) atoms. The van der Waals surface area contributed by atoms with Gasteiger partial charge in [0.05, 0.1) is 13.7 Å². The molecule has 1 aromatic rings. The minimum Gasteiger partial charge on any atom is -0.627 e. The van der Waals surface area contributed by atoms with Crippen LogP contribution in [0.2, 0.25) is 0 Å². The standard InChI is InChI=1S/C11H13BFNO6/c1-3-18-7-4-6(13)8(11(15)14(2)17)10-9(7)19-5-12(16)20-10/h4,14,16H,3,5H2,1-2H3. The fourth-order valence-corrected chi connectivity index (χ4v) is 1.81. The van der Waals surface area contributed by atoms with Crippen LogP contribution in [-0.4, -0.2) is 38.2 Å². The van der Waals surface area contributed by atoms with E-state index in [0.29, 0.717) is 0 Å².